The van der Waals surface area contributed by atoms with Crippen LogP contribution < -0.4 is 10.0 Å². The summed E-state index contributed by atoms with van der Waals surface area (Å²) < 4.78 is 27.2. The van der Waals surface area contributed by atoms with Crippen LogP contribution in [0.3, 0.4) is 0 Å². The van der Waals surface area contributed by atoms with E-state index in [1.807, 2.05) is 12.1 Å². The number of sulfonamides is 1. The number of nitrogens with zero attached hydrogens (tertiary/aromatic N) is 2. The summed E-state index contributed by atoms with van der Waals surface area (Å²) in [7, 11) is -3.99. The number of anilines is 1. The summed E-state index contributed by atoms with van der Waals surface area (Å²) in [5.41, 5.74) is 3.18. The fourth-order valence-corrected chi connectivity index (χ4v) is 5.65. The van der Waals surface area contributed by atoms with Crippen molar-refractivity contribution in [3.05, 3.63) is 125 Å². The van der Waals surface area contributed by atoms with Crippen LogP contribution in [0.1, 0.15) is 31.8 Å². The van der Waals surface area contributed by atoms with Gasteiger partial charge in [0.15, 0.2) is 0 Å². The molecular weight excluding hydrogens is 536 g/mol. The molecule has 198 valence electrons. The number of pyridine rings is 1. The summed E-state index contributed by atoms with van der Waals surface area (Å²) in [4.78, 5) is 32.4. The zero-order valence-electron chi connectivity index (χ0n) is 20.7. The molecule has 0 radical (unpaired) electrons. The molecule has 39 heavy (non-hydrogen) atoms. The number of aromatic nitrogens is 1. The number of carbonyl (C=O) groups excluding carboxylic acids is 2. The molecule has 2 N–H and O–H groups in total. The van der Waals surface area contributed by atoms with E-state index in [0.29, 0.717) is 29.2 Å². The molecule has 0 bridgehead atoms. The van der Waals surface area contributed by atoms with E-state index in [0.717, 1.165) is 11.1 Å². The minimum Gasteiger partial charge on any atom is -0.382 e. The van der Waals surface area contributed by atoms with E-state index in [-0.39, 0.29) is 29.0 Å². The lowest BCUT2D eigenvalue weighted by atomic mass is 10.0. The van der Waals surface area contributed by atoms with E-state index in [4.69, 9.17) is 11.6 Å². The number of amides is 2. The summed E-state index contributed by atoms with van der Waals surface area (Å²) in [6.45, 7) is 0.795. The van der Waals surface area contributed by atoms with Crippen LogP contribution >= 0.6 is 11.6 Å². The first-order chi connectivity index (χ1) is 18.8. The molecule has 5 rings (SSSR count). The first-order valence-electron chi connectivity index (χ1n) is 12.2. The number of hydrogen-bond donors (Lipinski definition) is 2. The predicted octanol–water partition coefficient (Wildman–Crippen LogP) is 4.53. The zero-order valence-corrected chi connectivity index (χ0v) is 22.3. The molecule has 0 fully saturated rings. The lowest BCUT2D eigenvalue weighted by Crippen LogP contribution is -2.43. The van der Waals surface area contributed by atoms with E-state index in [9.17, 15) is 18.0 Å². The molecule has 10 heteroatoms. The Balaban J connectivity index is 1.37. The van der Waals surface area contributed by atoms with E-state index in [1.165, 1.54) is 12.1 Å². The summed E-state index contributed by atoms with van der Waals surface area (Å²) in [6.07, 6.45) is 4.08. The van der Waals surface area contributed by atoms with Crippen molar-refractivity contribution in [2.75, 3.05) is 11.9 Å². The molecule has 1 atom stereocenters. The van der Waals surface area contributed by atoms with Crippen molar-refractivity contribution in [3.8, 4) is 0 Å². The number of nitrogens with one attached hydrogen (secondary N) is 2. The number of benzene rings is 3. The van der Waals surface area contributed by atoms with E-state index in [1.54, 1.807) is 78.0 Å². The molecule has 3 aromatic carbocycles. The minimum atomic E-state index is -3.99. The van der Waals surface area contributed by atoms with Gasteiger partial charge in [-0.15, -0.1) is 0 Å². The van der Waals surface area contributed by atoms with Crippen LogP contribution in [0.5, 0.6) is 0 Å². The Kier molecular flexibility index (Phi) is 7.63. The van der Waals surface area contributed by atoms with Crippen molar-refractivity contribution in [1.29, 1.82) is 0 Å². The average molecular weight is 561 g/mol. The molecular formula is C29H25ClN4O4S. The van der Waals surface area contributed by atoms with Gasteiger partial charge in [-0.05, 0) is 66.1 Å². The molecule has 1 aliphatic heterocycles. The molecule has 2 amide bonds. The van der Waals surface area contributed by atoms with Crippen LogP contribution in [0.2, 0.25) is 5.02 Å². The van der Waals surface area contributed by atoms with Gasteiger partial charge < -0.3 is 10.2 Å². The molecule has 0 saturated heterocycles. The fraction of sp³-hybridized carbons (Fsp3) is 0.138. The number of hydrogen-bond acceptors (Lipinski definition) is 6. The molecule has 1 aliphatic rings. The number of fused-ring (bicyclic) bond motifs is 1. The molecule has 8 nitrogen and oxygen atoms in total. The maximum Gasteiger partial charge on any atom is 0.264 e. The maximum absolute atomic E-state index is 13.7. The summed E-state index contributed by atoms with van der Waals surface area (Å²) in [5.74, 6) is -0.878. The van der Waals surface area contributed by atoms with Gasteiger partial charge >= 0.3 is 0 Å². The Morgan fingerprint density at radius 2 is 1.77 bits per heavy atom. The number of halogens is 1. The van der Waals surface area contributed by atoms with Crippen LogP contribution in [0.25, 0.3) is 0 Å². The van der Waals surface area contributed by atoms with Crippen molar-refractivity contribution in [2.45, 2.75) is 23.9 Å². The van der Waals surface area contributed by atoms with Crippen LogP contribution in [0, 0.1) is 0 Å². The molecule has 0 aliphatic carbocycles. The Hall–Kier alpha value is -4.21. The van der Waals surface area contributed by atoms with Gasteiger partial charge in [0.25, 0.3) is 21.8 Å². The molecule has 1 aromatic heterocycles. The number of carbonyl (C=O) groups is 2. The van der Waals surface area contributed by atoms with Crippen LogP contribution in [0.4, 0.5) is 5.69 Å². The van der Waals surface area contributed by atoms with Gasteiger partial charge in [-0.25, -0.2) is 13.1 Å². The second-order valence-corrected chi connectivity index (χ2v) is 11.3. The Morgan fingerprint density at radius 3 is 2.49 bits per heavy atom. The Labute approximate surface area is 231 Å². The van der Waals surface area contributed by atoms with Crippen molar-refractivity contribution in [1.82, 2.24) is 14.6 Å². The van der Waals surface area contributed by atoms with Crippen LogP contribution in [-0.2, 0) is 23.0 Å². The first kappa shape index (κ1) is 26.4. The normalized spacial score (nSPS) is 15.2. The third-order valence-corrected chi connectivity index (χ3v) is 8.07. The van der Waals surface area contributed by atoms with Crippen molar-refractivity contribution >= 4 is 39.1 Å². The standard InChI is InChI=1S/C29H25ClN4O4S/c30-23-12-13-26-27(16-23)32-18-24(15-21-5-4-14-31-17-21)34(29(26)36)19-20-8-10-22(11-9-20)28(35)33-39(37,38)25-6-2-1-3-7-25/h1-14,16-17,24,32H,15,18-19H2,(H,33,35)/t24-/m1/s1. The fourth-order valence-electron chi connectivity index (χ4n) is 4.48. The van der Waals surface area contributed by atoms with E-state index < -0.39 is 15.9 Å². The lowest BCUT2D eigenvalue weighted by molar-refractivity contribution is 0.0677. The van der Waals surface area contributed by atoms with E-state index >= 15 is 0 Å². The van der Waals surface area contributed by atoms with Gasteiger partial charge in [-0.3, -0.25) is 14.6 Å². The van der Waals surface area contributed by atoms with Crippen molar-refractivity contribution in [3.63, 3.8) is 0 Å². The Morgan fingerprint density at radius 1 is 1.00 bits per heavy atom. The number of rotatable bonds is 7. The monoisotopic (exact) mass is 560 g/mol. The topological polar surface area (TPSA) is 108 Å². The first-order valence-corrected chi connectivity index (χ1v) is 14.1. The quantitative estimate of drug-likeness (QED) is 0.344. The summed E-state index contributed by atoms with van der Waals surface area (Å²) in [6, 6.07) is 23.0. The van der Waals surface area contributed by atoms with E-state index in [2.05, 4.69) is 15.0 Å². The smallest absolute Gasteiger partial charge is 0.264 e. The minimum absolute atomic E-state index is 0.00415. The maximum atomic E-state index is 13.7. The van der Waals surface area contributed by atoms with Crippen LogP contribution in [-0.4, -0.2) is 42.7 Å². The van der Waals surface area contributed by atoms with Crippen molar-refractivity contribution < 1.29 is 18.0 Å². The summed E-state index contributed by atoms with van der Waals surface area (Å²) in [5, 5.41) is 3.90. The van der Waals surface area contributed by atoms with Gasteiger partial charge in [-0.2, -0.15) is 0 Å². The molecule has 0 unspecified atom stereocenters. The van der Waals surface area contributed by atoms with Crippen LogP contribution in [0.15, 0.2) is 102 Å². The highest BCUT2D eigenvalue weighted by atomic mass is 35.5. The third-order valence-electron chi connectivity index (χ3n) is 6.49. The molecule has 0 spiro atoms. The average Bonchev–Trinajstić information content (AvgIpc) is 3.06. The second kappa shape index (κ2) is 11.3. The van der Waals surface area contributed by atoms with Gasteiger partial charge in [0.1, 0.15) is 0 Å². The molecule has 0 saturated carbocycles. The predicted molar refractivity (Wildman–Crippen MR) is 149 cm³/mol. The van der Waals surface area contributed by atoms with Gasteiger partial charge in [0.2, 0.25) is 0 Å². The largest absolute Gasteiger partial charge is 0.382 e. The highest BCUT2D eigenvalue weighted by Crippen LogP contribution is 2.28. The van der Waals surface area contributed by atoms with Crippen molar-refractivity contribution in [2.24, 2.45) is 0 Å². The summed E-state index contributed by atoms with van der Waals surface area (Å²) >= 11 is 6.18. The highest BCUT2D eigenvalue weighted by molar-refractivity contribution is 7.90. The lowest BCUT2D eigenvalue weighted by Gasteiger charge is -2.30. The van der Waals surface area contributed by atoms with Gasteiger partial charge in [-0.1, -0.05) is 48.0 Å². The second-order valence-electron chi connectivity index (χ2n) is 9.17. The zero-order chi connectivity index (χ0) is 27.4. The van der Waals surface area contributed by atoms with Gasteiger partial charge in [0.05, 0.1) is 16.5 Å². The third kappa shape index (κ3) is 6.10. The highest BCUT2D eigenvalue weighted by Gasteiger charge is 2.30. The molecule has 2 heterocycles. The van der Waals surface area contributed by atoms with Gasteiger partial charge in [0, 0.05) is 41.8 Å². The SMILES string of the molecule is O=C(NS(=O)(=O)c1ccccc1)c1ccc(CN2C(=O)c3ccc(Cl)cc3NC[C@H]2Cc2cccnc2)cc1. The Bertz CT molecular complexity index is 1600. The molecule has 4 aromatic rings.